The van der Waals surface area contributed by atoms with Crippen molar-refractivity contribution in [3.63, 3.8) is 0 Å². The Labute approximate surface area is 132 Å². The molecule has 116 valence electrons. The highest BCUT2D eigenvalue weighted by molar-refractivity contribution is 9.10. The number of halogens is 1. The first-order valence-electron chi connectivity index (χ1n) is 6.71. The number of hydrogen-bond donors (Lipinski definition) is 2. The van der Waals surface area contributed by atoms with E-state index >= 15 is 0 Å². The van der Waals surface area contributed by atoms with Gasteiger partial charge in [-0.2, -0.15) is 0 Å². The first-order chi connectivity index (χ1) is 9.88. The van der Waals surface area contributed by atoms with E-state index in [1.165, 1.54) is 18.5 Å². The molecule has 0 amide bonds. The average Bonchev–Trinajstić information content (AvgIpc) is 2.45. The number of aromatic nitrogens is 1. The first-order valence-corrected chi connectivity index (χ1v) is 8.99. The average molecular weight is 377 g/mol. The molecule has 8 heteroatoms. The van der Waals surface area contributed by atoms with Crippen LogP contribution >= 0.6 is 15.9 Å². The number of nitrogens with zero attached hydrogens (tertiary/aromatic N) is 1. The molecule has 0 radical (unpaired) electrons. The molecule has 0 spiro atoms. The lowest BCUT2D eigenvalue weighted by Gasteiger charge is -2.26. The molecule has 0 atom stereocenters. The van der Waals surface area contributed by atoms with Gasteiger partial charge in [0.05, 0.1) is 5.92 Å². The number of carboxylic acids is 1. The van der Waals surface area contributed by atoms with Gasteiger partial charge in [0.25, 0.3) is 0 Å². The molecule has 1 aliphatic rings. The Morgan fingerprint density at radius 3 is 2.57 bits per heavy atom. The molecule has 1 fully saturated rings. The highest BCUT2D eigenvalue weighted by Crippen LogP contribution is 2.28. The quantitative estimate of drug-likeness (QED) is 0.819. The Hall–Kier alpha value is -0.990. The van der Waals surface area contributed by atoms with Crippen molar-refractivity contribution in [1.29, 1.82) is 0 Å². The normalized spacial score (nSPS) is 22.9. The predicted octanol–water partition coefficient (Wildman–Crippen LogP) is 2.01. The summed E-state index contributed by atoms with van der Waals surface area (Å²) in [4.78, 5) is 14.8. The summed E-state index contributed by atoms with van der Waals surface area (Å²) in [5.41, 5.74) is 0. The van der Waals surface area contributed by atoms with Crippen LogP contribution in [0.5, 0.6) is 0 Å². The van der Waals surface area contributed by atoms with Crippen LogP contribution in [0.1, 0.15) is 25.7 Å². The largest absolute Gasteiger partial charge is 0.481 e. The van der Waals surface area contributed by atoms with Crippen LogP contribution in [0.15, 0.2) is 27.8 Å². The number of aliphatic carboxylic acids is 1. The molecule has 0 unspecified atom stereocenters. The lowest BCUT2D eigenvalue weighted by molar-refractivity contribution is -0.143. The lowest BCUT2D eigenvalue weighted by atomic mass is 9.82. The van der Waals surface area contributed by atoms with Gasteiger partial charge < -0.3 is 5.11 Å². The van der Waals surface area contributed by atoms with Crippen molar-refractivity contribution < 1.29 is 18.3 Å². The summed E-state index contributed by atoms with van der Waals surface area (Å²) < 4.78 is 27.5. The molecule has 1 heterocycles. The van der Waals surface area contributed by atoms with Gasteiger partial charge in [-0.15, -0.1) is 0 Å². The molecule has 2 rings (SSSR count). The molecule has 6 nitrogen and oxygen atoms in total. The molecule has 0 aliphatic heterocycles. The van der Waals surface area contributed by atoms with Crippen molar-refractivity contribution >= 4 is 31.9 Å². The van der Waals surface area contributed by atoms with Crippen LogP contribution in [0.4, 0.5) is 0 Å². The van der Waals surface area contributed by atoms with Crippen LogP contribution in [-0.4, -0.2) is 31.0 Å². The molecule has 0 saturated heterocycles. The van der Waals surface area contributed by atoms with E-state index in [4.69, 9.17) is 5.11 Å². The second kappa shape index (κ2) is 6.85. The van der Waals surface area contributed by atoms with Gasteiger partial charge in [0.15, 0.2) is 0 Å². The molecule has 0 aromatic carbocycles. The summed E-state index contributed by atoms with van der Waals surface area (Å²) in [6, 6.07) is 1.50. The smallest absolute Gasteiger partial charge is 0.306 e. The summed E-state index contributed by atoms with van der Waals surface area (Å²) in [6.07, 6.45) is 5.51. The molecule has 1 aromatic rings. The number of hydrogen-bond acceptors (Lipinski definition) is 4. The molecule has 2 N–H and O–H groups in total. The van der Waals surface area contributed by atoms with Gasteiger partial charge in [0, 0.05) is 23.4 Å². The highest BCUT2D eigenvalue weighted by Gasteiger charge is 2.27. The molecule has 1 aromatic heterocycles. The second-order valence-corrected chi connectivity index (χ2v) is 7.93. The zero-order chi connectivity index (χ0) is 15.5. The van der Waals surface area contributed by atoms with E-state index < -0.39 is 16.0 Å². The summed E-state index contributed by atoms with van der Waals surface area (Å²) in [6.45, 7) is 0.335. The van der Waals surface area contributed by atoms with E-state index in [2.05, 4.69) is 25.6 Å². The minimum atomic E-state index is -3.57. The van der Waals surface area contributed by atoms with E-state index in [9.17, 15) is 13.2 Å². The van der Waals surface area contributed by atoms with E-state index in [0.717, 1.165) is 12.8 Å². The Morgan fingerprint density at radius 2 is 2.00 bits per heavy atom. The first kappa shape index (κ1) is 16.4. The van der Waals surface area contributed by atoms with Crippen molar-refractivity contribution in [2.45, 2.75) is 30.6 Å². The Kier molecular flexibility index (Phi) is 5.34. The number of nitrogens with one attached hydrogen (secondary N) is 1. The topological polar surface area (TPSA) is 96.4 Å². The van der Waals surface area contributed by atoms with E-state index in [1.807, 2.05) is 0 Å². The van der Waals surface area contributed by atoms with Gasteiger partial charge in [-0.05, 0) is 53.6 Å². The predicted molar refractivity (Wildman–Crippen MR) is 80.2 cm³/mol. The summed E-state index contributed by atoms with van der Waals surface area (Å²) in [7, 11) is -3.57. The molecule has 1 aliphatic carbocycles. The van der Waals surface area contributed by atoms with Crippen molar-refractivity contribution in [3.8, 4) is 0 Å². The fourth-order valence-corrected chi connectivity index (χ4v) is 4.08. The fourth-order valence-electron chi connectivity index (χ4n) is 2.46. The number of sulfonamides is 1. The van der Waals surface area contributed by atoms with Crippen molar-refractivity contribution in [1.82, 2.24) is 9.71 Å². The summed E-state index contributed by atoms with van der Waals surface area (Å²) in [5.74, 6) is -0.850. The van der Waals surface area contributed by atoms with Crippen LogP contribution in [-0.2, 0) is 14.8 Å². The maximum atomic E-state index is 12.1. The fraction of sp³-hybridized carbons (Fsp3) is 0.538. The van der Waals surface area contributed by atoms with E-state index in [0.29, 0.717) is 23.9 Å². The van der Waals surface area contributed by atoms with Crippen molar-refractivity contribution in [3.05, 3.63) is 22.9 Å². The molecular formula is C13H17BrN2O4S. The third-order valence-corrected chi connectivity index (χ3v) is 5.57. The SMILES string of the molecule is O=C(O)C1CCC(CNS(=O)(=O)c2cncc(Br)c2)CC1. The number of pyridine rings is 1. The molecule has 1 saturated carbocycles. The van der Waals surface area contributed by atoms with Crippen LogP contribution in [0.3, 0.4) is 0 Å². The van der Waals surface area contributed by atoms with Crippen LogP contribution in [0, 0.1) is 11.8 Å². The van der Waals surface area contributed by atoms with Gasteiger partial charge in [0.2, 0.25) is 10.0 Å². The van der Waals surface area contributed by atoms with Crippen LogP contribution < -0.4 is 4.72 Å². The van der Waals surface area contributed by atoms with Gasteiger partial charge >= 0.3 is 5.97 Å². The van der Waals surface area contributed by atoms with Gasteiger partial charge in [-0.3, -0.25) is 9.78 Å². The van der Waals surface area contributed by atoms with Crippen LogP contribution in [0.2, 0.25) is 0 Å². The molecule has 21 heavy (non-hydrogen) atoms. The van der Waals surface area contributed by atoms with Crippen molar-refractivity contribution in [2.24, 2.45) is 11.8 Å². The minimum absolute atomic E-state index is 0.121. The third kappa shape index (κ3) is 4.49. The number of rotatable bonds is 5. The maximum Gasteiger partial charge on any atom is 0.306 e. The van der Waals surface area contributed by atoms with Gasteiger partial charge in [-0.1, -0.05) is 0 Å². The zero-order valence-corrected chi connectivity index (χ0v) is 13.7. The Balaban J connectivity index is 1.90. The van der Waals surface area contributed by atoms with E-state index in [-0.39, 0.29) is 16.7 Å². The highest BCUT2D eigenvalue weighted by atomic mass is 79.9. The number of carboxylic acid groups (broad SMARTS) is 1. The molecule has 0 bridgehead atoms. The summed E-state index contributed by atoms with van der Waals surface area (Å²) in [5, 5.41) is 8.94. The standard InChI is InChI=1S/C13H17BrN2O4S/c14-11-5-12(8-15-7-11)21(19,20)16-6-9-1-3-10(4-2-9)13(17)18/h5,7-10,16H,1-4,6H2,(H,17,18). The Bertz CT molecular complexity index is 612. The maximum absolute atomic E-state index is 12.1. The second-order valence-electron chi connectivity index (χ2n) is 5.25. The van der Waals surface area contributed by atoms with E-state index in [1.54, 1.807) is 0 Å². The lowest BCUT2D eigenvalue weighted by Crippen LogP contribution is -2.32. The van der Waals surface area contributed by atoms with Crippen LogP contribution in [0.25, 0.3) is 0 Å². The van der Waals surface area contributed by atoms with Crippen molar-refractivity contribution in [2.75, 3.05) is 6.54 Å². The zero-order valence-electron chi connectivity index (χ0n) is 11.3. The Morgan fingerprint density at radius 1 is 1.33 bits per heavy atom. The minimum Gasteiger partial charge on any atom is -0.481 e. The molecular weight excluding hydrogens is 360 g/mol. The van der Waals surface area contributed by atoms with Gasteiger partial charge in [-0.25, -0.2) is 13.1 Å². The number of carbonyl (C=O) groups is 1. The summed E-state index contributed by atoms with van der Waals surface area (Å²) >= 11 is 3.19. The monoisotopic (exact) mass is 376 g/mol. The third-order valence-electron chi connectivity index (χ3n) is 3.75. The van der Waals surface area contributed by atoms with Gasteiger partial charge in [0.1, 0.15) is 4.90 Å².